The fourth-order valence-electron chi connectivity index (χ4n) is 4.70. The summed E-state index contributed by atoms with van der Waals surface area (Å²) >= 11 is 0. The SMILES string of the molecule is CCCCCCCCCCCCCCCCC1CCC1(O)c1ccccc1. The Morgan fingerprint density at radius 2 is 1.22 bits per heavy atom. The fraction of sp³-hybridized carbons (Fsp3) is 0.769. The first-order valence-electron chi connectivity index (χ1n) is 12.1. The van der Waals surface area contributed by atoms with Gasteiger partial charge in [-0.25, -0.2) is 0 Å². The van der Waals surface area contributed by atoms with Crippen molar-refractivity contribution in [1.82, 2.24) is 0 Å². The minimum atomic E-state index is -0.530. The lowest BCUT2D eigenvalue weighted by molar-refractivity contribution is -0.105. The van der Waals surface area contributed by atoms with Crippen LogP contribution in [0.25, 0.3) is 0 Å². The van der Waals surface area contributed by atoms with Crippen LogP contribution >= 0.6 is 0 Å². The monoisotopic (exact) mass is 372 g/mol. The Labute approximate surface area is 169 Å². The molecular formula is C26H44O. The van der Waals surface area contributed by atoms with Crippen LogP contribution in [0.5, 0.6) is 0 Å². The van der Waals surface area contributed by atoms with Gasteiger partial charge in [0.15, 0.2) is 0 Å². The highest BCUT2D eigenvalue weighted by atomic mass is 16.3. The Morgan fingerprint density at radius 3 is 1.67 bits per heavy atom. The van der Waals surface area contributed by atoms with Gasteiger partial charge < -0.3 is 5.11 Å². The number of hydrogen-bond donors (Lipinski definition) is 1. The molecule has 2 unspecified atom stereocenters. The smallest absolute Gasteiger partial charge is 0.0924 e. The van der Waals surface area contributed by atoms with Crippen LogP contribution in [0, 0.1) is 5.92 Å². The van der Waals surface area contributed by atoms with Crippen LogP contribution < -0.4 is 0 Å². The van der Waals surface area contributed by atoms with Crippen LogP contribution in [0.1, 0.15) is 122 Å². The highest BCUT2D eigenvalue weighted by Gasteiger charge is 2.45. The number of hydrogen-bond acceptors (Lipinski definition) is 1. The topological polar surface area (TPSA) is 20.2 Å². The lowest BCUT2D eigenvalue weighted by Crippen LogP contribution is -2.44. The van der Waals surface area contributed by atoms with Gasteiger partial charge in [-0.15, -0.1) is 0 Å². The van der Waals surface area contributed by atoms with Gasteiger partial charge in [-0.2, -0.15) is 0 Å². The first-order chi connectivity index (χ1) is 13.3. The van der Waals surface area contributed by atoms with Gasteiger partial charge in [0.2, 0.25) is 0 Å². The molecule has 0 heterocycles. The summed E-state index contributed by atoms with van der Waals surface area (Å²) in [5, 5.41) is 10.9. The summed E-state index contributed by atoms with van der Waals surface area (Å²) in [4.78, 5) is 0. The molecule has 0 radical (unpaired) electrons. The Bertz CT molecular complexity index is 468. The molecule has 0 amide bonds. The van der Waals surface area contributed by atoms with Crippen LogP contribution in [0.4, 0.5) is 0 Å². The third-order valence-corrected chi connectivity index (χ3v) is 6.73. The zero-order chi connectivity index (χ0) is 19.2. The zero-order valence-corrected chi connectivity index (χ0v) is 17.9. The van der Waals surface area contributed by atoms with E-state index in [1.54, 1.807) is 0 Å². The van der Waals surface area contributed by atoms with Gasteiger partial charge in [-0.3, -0.25) is 0 Å². The minimum Gasteiger partial charge on any atom is -0.385 e. The molecule has 154 valence electrons. The van der Waals surface area contributed by atoms with Crippen molar-refractivity contribution in [3.63, 3.8) is 0 Å². The van der Waals surface area contributed by atoms with Crippen molar-refractivity contribution in [3.05, 3.63) is 35.9 Å². The Kier molecular flexibility index (Phi) is 11.1. The molecule has 0 spiro atoms. The maximum atomic E-state index is 10.9. The molecule has 0 saturated heterocycles. The first kappa shape index (κ1) is 22.5. The van der Waals surface area contributed by atoms with Gasteiger partial charge in [0.25, 0.3) is 0 Å². The molecule has 2 rings (SSSR count). The largest absolute Gasteiger partial charge is 0.385 e. The summed E-state index contributed by atoms with van der Waals surface area (Å²) in [6, 6.07) is 10.3. The average molecular weight is 373 g/mol. The molecule has 1 aromatic carbocycles. The van der Waals surface area contributed by atoms with E-state index in [0.717, 1.165) is 12.0 Å². The molecule has 1 nitrogen and oxygen atoms in total. The quantitative estimate of drug-likeness (QED) is 0.290. The van der Waals surface area contributed by atoms with Crippen molar-refractivity contribution < 1.29 is 5.11 Å². The molecule has 1 fully saturated rings. The van der Waals surface area contributed by atoms with Crippen molar-refractivity contribution in [1.29, 1.82) is 0 Å². The molecule has 1 saturated carbocycles. The van der Waals surface area contributed by atoms with E-state index in [1.807, 2.05) is 6.07 Å². The molecule has 27 heavy (non-hydrogen) atoms. The van der Waals surface area contributed by atoms with Gasteiger partial charge in [0, 0.05) is 0 Å². The highest BCUT2D eigenvalue weighted by molar-refractivity contribution is 5.25. The molecule has 0 aromatic heterocycles. The maximum Gasteiger partial charge on any atom is 0.0924 e. The number of rotatable bonds is 16. The predicted octanol–water partition coefficient (Wildman–Crippen LogP) is 8.16. The zero-order valence-electron chi connectivity index (χ0n) is 17.9. The van der Waals surface area contributed by atoms with E-state index in [9.17, 15) is 5.11 Å². The highest BCUT2D eigenvalue weighted by Crippen LogP contribution is 2.48. The van der Waals surface area contributed by atoms with Crippen LogP contribution in [-0.4, -0.2) is 5.11 Å². The second kappa shape index (κ2) is 13.4. The molecule has 0 aliphatic heterocycles. The number of benzene rings is 1. The molecule has 2 atom stereocenters. The minimum absolute atomic E-state index is 0.484. The molecule has 0 bridgehead atoms. The van der Waals surface area contributed by atoms with E-state index in [1.165, 1.54) is 103 Å². The van der Waals surface area contributed by atoms with Crippen LogP contribution in [0.3, 0.4) is 0 Å². The Balaban J connectivity index is 1.39. The summed E-state index contributed by atoms with van der Waals surface area (Å²) in [6.07, 6.45) is 23.1. The number of unbranched alkanes of at least 4 members (excludes halogenated alkanes) is 13. The maximum absolute atomic E-state index is 10.9. The third-order valence-electron chi connectivity index (χ3n) is 6.73. The summed E-state index contributed by atoms with van der Waals surface area (Å²) in [5.74, 6) is 0.484. The average Bonchev–Trinajstić information content (AvgIpc) is 2.70. The second-order valence-electron chi connectivity index (χ2n) is 8.91. The van der Waals surface area contributed by atoms with E-state index >= 15 is 0 Å². The van der Waals surface area contributed by atoms with E-state index < -0.39 is 5.60 Å². The van der Waals surface area contributed by atoms with Gasteiger partial charge in [-0.1, -0.05) is 127 Å². The predicted molar refractivity (Wildman–Crippen MR) is 118 cm³/mol. The van der Waals surface area contributed by atoms with Gasteiger partial charge in [0.1, 0.15) is 0 Å². The van der Waals surface area contributed by atoms with Gasteiger partial charge >= 0.3 is 0 Å². The Morgan fingerprint density at radius 1 is 0.741 bits per heavy atom. The summed E-state index contributed by atoms with van der Waals surface area (Å²) in [5.41, 5.74) is 0.601. The lowest BCUT2D eigenvalue weighted by Gasteiger charge is -2.46. The van der Waals surface area contributed by atoms with E-state index in [2.05, 4.69) is 31.2 Å². The van der Waals surface area contributed by atoms with E-state index in [-0.39, 0.29) is 0 Å². The lowest BCUT2D eigenvalue weighted by atomic mass is 9.64. The van der Waals surface area contributed by atoms with Crippen molar-refractivity contribution in [2.24, 2.45) is 5.92 Å². The molecule has 1 aliphatic carbocycles. The second-order valence-corrected chi connectivity index (χ2v) is 8.91. The van der Waals surface area contributed by atoms with E-state index in [0.29, 0.717) is 5.92 Å². The van der Waals surface area contributed by atoms with Crippen LogP contribution in [-0.2, 0) is 5.60 Å². The molecule has 1 aliphatic rings. The van der Waals surface area contributed by atoms with E-state index in [4.69, 9.17) is 0 Å². The van der Waals surface area contributed by atoms with Gasteiger partial charge in [-0.05, 0) is 30.7 Å². The van der Waals surface area contributed by atoms with Crippen molar-refractivity contribution in [2.45, 2.75) is 122 Å². The van der Waals surface area contributed by atoms with Crippen molar-refractivity contribution in [3.8, 4) is 0 Å². The van der Waals surface area contributed by atoms with Crippen molar-refractivity contribution >= 4 is 0 Å². The summed E-state index contributed by atoms with van der Waals surface area (Å²) < 4.78 is 0. The van der Waals surface area contributed by atoms with Crippen LogP contribution in [0.15, 0.2) is 30.3 Å². The van der Waals surface area contributed by atoms with Gasteiger partial charge in [0.05, 0.1) is 5.60 Å². The van der Waals surface area contributed by atoms with Crippen LogP contribution in [0.2, 0.25) is 0 Å². The normalized spacial score (nSPS) is 21.9. The molecular weight excluding hydrogens is 328 g/mol. The Hall–Kier alpha value is -0.820. The first-order valence-corrected chi connectivity index (χ1v) is 12.1. The summed E-state index contributed by atoms with van der Waals surface area (Å²) in [7, 11) is 0. The third kappa shape index (κ3) is 7.98. The fourth-order valence-corrected chi connectivity index (χ4v) is 4.70. The molecule has 1 N–H and O–H groups in total. The molecule has 1 heteroatoms. The molecule has 1 aromatic rings. The number of aliphatic hydroxyl groups is 1. The summed E-state index contributed by atoms with van der Waals surface area (Å²) in [6.45, 7) is 2.29. The standard InChI is InChI=1S/C26H44O/c1-2-3-4-5-6-7-8-9-10-11-12-13-14-16-21-25-22-23-26(25,27)24-19-17-15-18-20-24/h15,17-20,25,27H,2-14,16,21-23H2,1H3. The van der Waals surface area contributed by atoms with Crippen molar-refractivity contribution in [2.75, 3.05) is 0 Å².